The summed E-state index contributed by atoms with van der Waals surface area (Å²) in [5.74, 6) is -0.450. The third kappa shape index (κ3) is 3.58. The van der Waals surface area contributed by atoms with E-state index in [9.17, 15) is 9.90 Å². The highest BCUT2D eigenvalue weighted by atomic mass is 79.9. The minimum atomic E-state index is -0.924. The second kappa shape index (κ2) is 6.54. The van der Waals surface area contributed by atoms with Gasteiger partial charge in [0.1, 0.15) is 12.4 Å². The zero-order chi connectivity index (χ0) is 13.8. The highest BCUT2D eigenvalue weighted by Crippen LogP contribution is 2.32. The lowest BCUT2D eigenvalue weighted by Gasteiger charge is -2.04. The van der Waals surface area contributed by atoms with E-state index in [0.29, 0.717) is 12.4 Å². The van der Waals surface area contributed by atoms with Crippen molar-refractivity contribution in [1.82, 2.24) is 0 Å². The van der Waals surface area contributed by atoms with Gasteiger partial charge in [-0.05, 0) is 39.9 Å². The quantitative estimate of drug-likeness (QED) is 0.804. The predicted molar refractivity (Wildman–Crippen MR) is 81.6 cm³/mol. The molecule has 0 amide bonds. The summed E-state index contributed by atoms with van der Waals surface area (Å²) in [6.07, 6.45) is 1.88. The van der Waals surface area contributed by atoms with E-state index in [0.717, 1.165) is 27.1 Å². The minimum Gasteiger partial charge on any atom is -0.486 e. The molecule has 0 saturated heterocycles. The van der Waals surface area contributed by atoms with Crippen LogP contribution < -0.4 is 4.74 Å². The molecule has 102 valence electrons. The molecule has 19 heavy (non-hydrogen) atoms. The van der Waals surface area contributed by atoms with Crippen molar-refractivity contribution in [2.45, 2.75) is 26.4 Å². The van der Waals surface area contributed by atoms with Gasteiger partial charge in [0.2, 0.25) is 0 Å². The van der Waals surface area contributed by atoms with Crippen LogP contribution >= 0.6 is 38.6 Å². The molecule has 0 fully saturated rings. The number of hydrogen-bond acceptors (Lipinski definition) is 4. The van der Waals surface area contributed by atoms with Crippen LogP contribution in [-0.2, 0) is 13.0 Å². The van der Waals surface area contributed by atoms with Crippen LogP contribution in [0.15, 0.2) is 22.0 Å². The molecule has 0 aromatic carbocycles. The highest BCUT2D eigenvalue weighted by Gasteiger charge is 2.17. The van der Waals surface area contributed by atoms with Gasteiger partial charge < -0.3 is 9.84 Å². The van der Waals surface area contributed by atoms with Crippen molar-refractivity contribution in [3.8, 4) is 5.75 Å². The van der Waals surface area contributed by atoms with Gasteiger partial charge >= 0.3 is 5.97 Å². The summed E-state index contributed by atoms with van der Waals surface area (Å²) in [5, 5.41) is 11.2. The number of aryl methyl sites for hydroxylation is 1. The van der Waals surface area contributed by atoms with Crippen LogP contribution in [-0.4, -0.2) is 11.1 Å². The Balaban J connectivity index is 2.14. The Labute approximate surface area is 128 Å². The molecule has 2 rings (SSSR count). The van der Waals surface area contributed by atoms with Crippen LogP contribution in [0.5, 0.6) is 5.75 Å². The first kappa shape index (κ1) is 14.6. The molecule has 2 aromatic heterocycles. The molecule has 1 N–H and O–H groups in total. The Kier molecular flexibility index (Phi) is 5.01. The van der Waals surface area contributed by atoms with Gasteiger partial charge in [-0.25, -0.2) is 4.79 Å². The Hall–Kier alpha value is -0.850. The predicted octanol–water partition coefficient (Wildman–Crippen LogP) is 4.80. The molecule has 3 nitrogen and oxygen atoms in total. The van der Waals surface area contributed by atoms with Gasteiger partial charge in [0, 0.05) is 9.35 Å². The Morgan fingerprint density at radius 3 is 2.89 bits per heavy atom. The van der Waals surface area contributed by atoms with Gasteiger partial charge in [-0.1, -0.05) is 13.3 Å². The fourth-order valence-electron chi connectivity index (χ4n) is 1.62. The van der Waals surface area contributed by atoms with Crippen LogP contribution in [0.4, 0.5) is 0 Å². The molecule has 0 aliphatic rings. The molecular weight excluding hydrogens is 348 g/mol. The van der Waals surface area contributed by atoms with E-state index in [1.54, 1.807) is 11.3 Å². The zero-order valence-electron chi connectivity index (χ0n) is 10.3. The lowest BCUT2D eigenvalue weighted by molar-refractivity contribution is 0.0697. The summed E-state index contributed by atoms with van der Waals surface area (Å²) in [6.45, 7) is 2.46. The van der Waals surface area contributed by atoms with Crippen LogP contribution in [0.3, 0.4) is 0 Å². The fraction of sp³-hybridized carbons (Fsp3) is 0.308. The molecule has 0 aliphatic carbocycles. The van der Waals surface area contributed by atoms with Crippen molar-refractivity contribution in [2.75, 3.05) is 0 Å². The summed E-state index contributed by atoms with van der Waals surface area (Å²) < 4.78 is 6.66. The van der Waals surface area contributed by atoms with E-state index >= 15 is 0 Å². The van der Waals surface area contributed by atoms with Crippen LogP contribution in [0.25, 0.3) is 0 Å². The van der Waals surface area contributed by atoms with Crippen molar-refractivity contribution in [3.05, 3.63) is 36.6 Å². The Bertz CT molecular complexity index is 574. The number of aromatic carboxylic acids is 1. The number of rotatable bonds is 6. The van der Waals surface area contributed by atoms with Crippen molar-refractivity contribution < 1.29 is 14.6 Å². The molecular formula is C13H13BrO3S2. The number of carboxylic acid groups (broad SMARTS) is 1. The van der Waals surface area contributed by atoms with Gasteiger partial charge in [0.15, 0.2) is 4.88 Å². The van der Waals surface area contributed by atoms with E-state index < -0.39 is 5.97 Å². The highest BCUT2D eigenvalue weighted by molar-refractivity contribution is 9.10. The number of carbonyl (C=O) groups is 1. The lowest BCUT2D eigenvalue weighted by atomic mass is 10.3. The topological polar surface area (TPSA) is 46.5 Å². The third-order valence-electron chi connectivity index (χ3n) is 2.49. The first-order chi connectivity index (χ1) is 9.11. The smallest absolute Gasteiger partial charge is 0.349 e. The summed E-state index contributed by atoms with van der Waals surface area (Å²) in [5.41, 5.74) is 0. The first-order valence-corrected chi connectivity index (χ1v) is 8.31. The molecule has 2 aromatic rings. The van der Waals surface area contributed by atoms with Gasteiger partial charge in [0.05, 0.1) is 4.88 Å². The van der Waals surface area contributed by atoms with Gasteiger partial charge in [0.25, 0.3) is 0 Å². The van der Waals surface area contributed by atoms with Gasteiger partial charge in [-0.15, -0.1) is 22.7 Å². The molecule has 0 unspecified atom stereocenters. The molecule has 6 heteroatoms. The number of ether oxygens (including phenoxy) is 1. The van der Waals surface area contributed by atoms with Crippen LogP contribution in [0.2, 0.25) is 0 Å². The second-order valence-electron chi connectivity index (χ2n) is 3.94. The second-order valence-corrected chi connectivity index (χ2v) is 6.93. The monoisotopic (exact) mass is 360 g/mol. The van der Waals surface area contributed by atoms with E-state index in [-0.39, 0.29) is 4.88 Å². The van der Waals surface area contributed by atoms with Crippen molar-refractivity contribution in [3.63, 3.8) is 0 Å². The number of thiophene rings is 2. The van der Waals surface area contributed by atoms with Crippen molar-refractivity contribution in [2.24, 2.45) is 0 Å². The van der Waals surface area contributed by atoms with E-state index in [2.05, 4.69) is 22.9 Å². The molecule has 0 saturated carbocycles. The van der Waals surface area contributed by atoms with E-state index in [1.807, 2.05) is 17.5 Å². The molecule has 2 heterocycles. The van der Waals surface area contributed by atoms with E-state index in [1.165, 1.54) is 11.3 Å². The van der Waals surface area contributed by atoms with Crippen molar-refractivity contribution >= 4 is 44.6 Å². The minimum absolute atomic E-state index is 0.288. The summed E-state index contributed by atoms with van der Waals surface area (Å²) in [4.78, 5) is 13.6. The third-order valence-corrected chi connectivity index (χ3v) is 5.55. The SMILES string of the molecule is CCCc1cc(OCc2sccc2Br)c(C(=O)O)s1. The number of halogens is 1. The molecule has 0 bridgehead atoms. The Morgan fingerprint density at radius 2 is 2.32 bits per heavy atom. The number of carboxylic acids is 1. The molecule has 0 radical (unpaired) electrons. The van der Waals surface area contributed by atoms with Crippen LogP contribution in [0.1, 0.15) is 32.8 Å². The van der Waals surface area contributed by atoms with Gasteiger partial charge in [-0.3, -0.25) is 0 Å². The summed E-state index contributed by atoms with van der Waals surface area (Å²) in [7, 11) is 0. The van der Waals surface area contributed by atoms with Crippen LogP contribution in [0, 0.1) is 0 Å². The maximum atomic E-state index is 11.2. The maximum Gasteiger partial charge on any atom is 0.349 e. The van der Waals surface area contributed by atoms with Gasteiger partial charge in [-0.2, -0.15) is 0 Å². The zero-order valence-corrected chi connectivity index (χ0v) is 13.5. The summed E-state index contributed by atoms with van der Waals surface area (Å²) >= 11 is 6.32. The molecule has 0 spiro atoms. The fourth-order valence-corrected chi connectivity index (χ4v) is 4.04. The van der Waals surface area contributed by atoms with E-state index in [4.69, 9.17) is 4.74 Å². The maximum absolute atomic E-state index is 11.2. The first-order valence-electron chi connectivity index (χ1n) is 5.82. The standard InChI is InChI=1S/C13H13BrO3S2/c1-2-3-8-6-10(12(19-8)13(15)16)17-7-11-9(14)4-5-18-11/h4-6H,2-3,7H2,1H3,(H,15,16). The average Bonchev–Trinajstić information content (AvgIpc) is 2.94. The van der Waals surface area contributed by atoms with Crippen molar-refractivity contribution in [1.29, 1.82) is 0 Å². The molecule has 0 atom stereocenters. The average molecular weight is 361 g/mol. The largest absolute Gasteiger partial charge is 0.486 e. The molecule has 0 aliphatic heterocycles. The summed E-state index contributed by atoms with van der Waals surface area (Å²) in [6, 6.07) is 3.80. The Morgan fingerprint density at radius 1 is 1.53 bits per heavy atom. The lowest BCUT2D eigenvalue weighted by Crippen LogP contribution is -1.99. The number of hydrogen-bond donors (Lipinski definition) is 1. The normalized spacial score (nSPS) is 10.6.